The van der Waals surface area contributed by atoms with Gasteiger partial charge < -0.3 is 0 Å². The summed E-state index contributed by atoms with van der Waals surface area (Å²) in [5, 5.41) is 0. The molecule has 0 bridgehead atoms. The predicted octanol–water partition coefficient (Wildman–Crippen LogP) is 5.28. The zero-order chi connectivity index (χ0) is 17.1. The molecule has 0 radical (unpaired) electrons. The van der Waals surface area contributed by atoms with Gasteiger partial charge in [-0.15, -0.1) is 11.8 Å². The number of thioether (sulfide) groups is 1. The fourth-order valence-corrected chi connectivity index (χ4v) is 3.28. The van der Waals surface area contributed by atoms with Gasteiger partial charge in [0.1, 0.15) is 0 Å². The van der Waals surface area contributed by atoms with Gasteiger partial charge in [-0.25, -0.2) is 0 Å². The Hall–Kier alpha value is -1.35. The number of allylic oxidation sites excluding steroid dienone is 6. The van der Waals surface area contributed by atoms with E-state index in [1.807, 2.05) is 19.2 Å². The lowest BCUT2D eigenvalue weighted by Gasteiger charge is -2.20. The molecule has 0 spiro atoms. The van der Waals surface area contributed by atoms with Crippen LogP contribution in [0.5, 0.6) is 0 Å². The van der Waals surface area contributed by atoms with E-state index in [1.165, 1.54) is 0 Å². The van der Waals surface area contributed by atoms with Crippen molar-refractivity contribution < 1.29 is 4.79 Å². The molecule has 0 aromatic carbocycles. The molecule has 0 N–H and O–H groups in total. The van der Waals surface area contributed by atoms with E-state index in [1.54, 1.807) is 17.8 Å². The maximum Gasteiger partial charge on any atom is 0.151 e. The minimum Gasteiger partial charge on any atom is -0.298 e. The lowest BCUT2D eigenvalue weighted by Crippen LogP contribution is -2.11. The summed E-state index contributed by atoms with van der Waals surface area (Å²) < 4.78 is 0.0138. The Balaban J connectivity index is 3.53. The number of aldehydes is 1. The zero-order valence-corrected chi connectivity index (χ0v) is 15.6. The van der Waals surface area contributed by atoms with E-state index in [0.717, 1.165) is 33.5 Å². The van der Waals surface area contributed by atoms with Gasteiger partial charge in [0.2, 0.25) is 0 Å². The predicted molar refractivity (Wildman–Crippen MR) is 99.7 cm³/mol. The van der Waals surface area contributed by atoms with Gasteiger partial charge in [-0.1, -0.05) is 39.5 Å². The highest BCUT2D eigenvalue weighted by molar-refractivity contribution is 8.04. The summed E-state index contributed by atoms with van der Waals surface area (Å²) in [5.74, 6) is 0. The van der Waals surface area contributed by atoms with E-state index in [9.17, 15) is 4.79 Å². The molecular formula is C19H27NOS. The topological polar surface area (TPSA) is 29.4 Å². The van der Waals surface area contributed by atoms with Crippen LogP contribution in [0.3, 0.4) is 0 Å². The van der Waals surface area contributed by atoms with Crippen LogP contribution in [0.2, 0.25) is 0 Å². The second-order valence-electron chi connectivity index (χ2n) is 7.24. The average Bonchev–Trinajstić information content (AvgIpc) is 2.65. The van der Waals surface area contributed by atoms with Crippen LogP contribution in [-0.4, -0.2) is 22.8 Å². The third-order valence-corrected chi connectivity index (χ3v) is 4.22. The Labute approximate surface area is 139 Å². The van der Waals surface area contributed by atoms with Crippen molar-refractivity contribution in [3.63, 3.8) is 0 Å². The van der Waals surface area contributed by atoms with Gasteiger partial charge in [0.25, 0.3) is 0 Å². The standard InChI is InChI=1S/C19H27NOS/c1-9-13-14(10-2)16(12-21)17(22-19(6,7)8)15(13)11-20-18(3,4)5/h9-12H,2H2,1,3-8H3/b13-9+,20-11?. The van der Waals surface area contributed by atoms with Gasteiger partial charge in [0, 0.05) is 27.0 Å². The lowest BCUT2D eigenvalue weighted by atomic mass is 10.0. The highest BCUT2D eigenvalue weighted by Gasteiger charge is 2.29. The SMILES string of the molecule is C=CC1=C(C=O)C(SC(C)(C)C)=C(C=NC(C)(C)C)/C1=C/C. The molecule has 0 atom stereocenters. The fraction of sp³-hybridized carbons (Fsp3) is 0.474. The monoisotopic (exact) mass is 317 g/mol. The first-order chi connectivity index (χ1) is 10.0. The van der Waals surface area contributed by atoms with Crippen LogP contribution in [0.25, 0.3) is 0 Å². The van der Waals surface area contributed by atoms with Crippen LogP contribution in [0.1, 0.15) is 48.5 Å². The summed E-state index contributed by atoms with van der Waals surface area (Å²) in [6, 6.07) is 0. The van der Waals surface area contributed by atoms with E-state index in [0.29, 0.717) is 0 Å². The second kappa shape index (κ2) is 6.82. The first-order valence-electron chi connectivity index (χ1n) is 7.52. The lowest BCUT2D eigenvalue weighted by molar-refractivity contribution is -0.104. The third-order valence-electron chi connectivity index (χ3n) is 2.96. The second-order valence-corrected chi connectivity index (χ2v) is 9.08. The van der Waals surface area contributed by atoms with Crippen LogP contribution < -0.4 is 0 Å². The third kappa shape index (κ3) is 4.57. The van der Waals surface area contributed by atoms with Crippen molar-refractivity contribution in [2.24, 2.45) is 4.99 Å². The molecule has 1 rings (SSSR count). The Bertz CT molecular complexity index is 590. The molecular weight excluding hydrogens is 290 g/mol. The van der Waals surface area contributed by atoms with Gasteiger partial charge in [-0.3, -0.25) is 9.79 Å². The minimum atomic E-state index is -0.151. The summed E-state index contributed by atoms with van der Waals surface area (Å²) in [6.07, 6.45) is 6.64. The average molecular weight is 317 g/mol. The number of nitrogens with zero attached hydrogens (tertiary/aromatic N) is 1. The van der Waals surface area contributed by atoms with Crippen molar-refractivity contribution in [1.29, 1.82) is 0 Å². The van der Waals surface area contributed by atoms with Gasteiger partial charge in [0.05, 0.1) is 5.54 Å². The van der Waals surface area contributed by atoms with Gasteiger partial charge in [-0.05, 0) is 38.8 Å². The first kappa shape index (κ1) is 18.7. The summed E-state index contributed by atoms with van der Waals surface area (Å²) in [6.45, 7) is 18.5. The van der Waals surface area contributed by atoms with Crippen LogP contribution in [0, 0.1) is 0 Å². The van der Waals surface area contributed by atoms with Crippen molar-refractivity contribution in [1.82, 2.24) is 0 Å². The fourth-order valence-electron chi connectivity index (χ4n) is 2.13. The van der Waals surface area contributed by atoms with E-state index < -0.39 is 0 Å². The Morgan fingerprint density at radius 1 is 1.05 bits per heavy atom. The highest BCUT2D eigenvalue weighted by atomic mass is 32.2. The van der Waals surface area contributed by atoms with E-state index >= 15 is 0 Å². The maximum atomic E-state index is 11.7. The number of hydrogen-bond acceptors (Lipinski definition) is 3. The van der Waals surface area contributed by atoms with Gasteiger partial charge in [-0.2, -0.15) is 0 Å². The summed E-state index contributed by atoms with van der Waals surface area (Å²) in [7, 11) is 0. The molecule has 0 fully saturated rings. The van der Waals surface area contributed by atoms with Gasteiger partial charge in [0.15, 0.2) is 6.29 Å². The Morgan fingerprint density at radius 2 is 1.64 bits per heavy atom. The summed E-state index contributed by atoms with van der Waals surface area (Å²) >= 11 is 1.70. The molecule has 0 heterocycles. The molecule has 0 amide bonds. The molecule has 0 aromatic heterocycles. The molecule has 3 heteroatoms. The highest BCUT2D eigenvalue weighted by Crippen LogP contribution is 2.46. The molecule has 0 saturated carbocycles. The molecule has 1 aliphatic rings. The zero-order valence-electron chi connectivity index (χ0n) is 14.8. The molecule has 2 nitrogen and oxygen atoms in total. The van der Waals surface area contributed by atoms with Crippen molar-refractivity contribution in [3.05, 3.63) is 45.9 Å². The first-order valence-corrected chi connectivity index (χ1v) is 8.33. The van der Waals surface area contributed by atoms with Crippen molar-refractivity contribution in [3.8, 4) is 0 Å². The number of carbonyl (C=O) groups excluding carboxylic acids is 1. The van der Waals surface area contributed by atoms with Crippen LogP contribution in [0.15, 0.2) is 50.9 Å². The largest absolute Gasteiger partial charge is 0.298 e. The summed E-state index contributed by atoms with van der Waals surface area (Å²) in [5.41, 5.74) is 3.53. The van der Waals surface area contributed by atoms with Gasteiger partial charge >= 0.3 is 0 Å². The van der Waals surface area contributed by atoms with Crippen molar-refractivity contribution >= 4 is 24.3 Å². The van der Waals surface area contributed by atoms with Crippen LogP contribution >= 0.6 is 11.8 Å². The number of aliphatic imine (C=N–C) groups is 1. The molecule has 1 aliphatic carbocycles. The quantitative estimate of drug-likeness (QED) is 0.521. The maximum absolute atomic E-state index is 11.7. The van der Waals surface area contributed by atoms with Crippen molar-refractivity contribution in [2.45, 2.75) is 58.8 Å². The minimum absolute atomic E-state index is 0.0138. The van der Waals surface area contributed by atoms with E-state index in [4.69, 9.17) is 0 Å². The normalized spacial score (nSPS) is 18.8. The Kier molecular flexibility index (Phi) is 5.80. The number of carbonyl (C=O) groups is 1. The van der Waals surface area contributed by atoms with Crippen LogP contribution in [0.4, 0.5) is 0 Å². The molecule has 0 aromatic rings. The van der Waals surface area contributed by atoms with E-state index in [2.05, 4.69) is 53.1 Å². The molecule has 0 unspecified atom stereocenters. The molecule has 22 heavy (non-hydrogen) atoms. The smallest absolute Gasteiger partial charge is 0.151 e. The van der Waals surface area contributed by atoms with Crippen LogP contribution in [-0.2, 0) is 4.79 Å². The molecule has 0 saturated heterocycles. The van der Waals surface area contributed by atoms with E-state index in [-0.39, 0.29) is 10.3 Å². The summed E-state index contributed by atoms with van der Waals surface area (Å²) in [4.78, 5) is 17.3. The van der Waals surface area contributed by atoms with Crippen molar-refractivity contribution in [2.75, 3.05) is 0 Å². The number of rotatable bonds is 4. The Morgan fingerprint density at radius 3 is 2.00 bits per heavy atom. The number of hydrogen-bond donors (Lipinski definition) is 0. The molecule has 0 aliphatic heterocycles. The molecule has 120 valence electrons.